The number of hydrogen-bond donors (Lipinski definition) is 8. The van der Waals surface area contributed by atoms with Gasteiger partial charge in [0, 0.05) is 55.3 Å². The van der Waals surface area contributed by atoms with Crippen LogP contribution in [0.15, 0.2) is 53.6 Å². The largest absolute Gasteiger partial charge is 0.508 e. The van der Waals surface area contributed by atoms with E-state index in [9.17, 15) is 25.5 Å². The number of rotatable bonds is 14. The predicted molar refractivity (Wildman–Crippen MR) is 318 cm³/mol. The molecular formula is C70H103N3O8. The minimum absolute atomic E-state index is 0.0342. The number of unbranched alkanes of at least 4 members (excludes halogenated alkanes) is 2. The smallest absolute Gasteiger partial charge is 0.160 e. The number of nitrogens with one attached hydrogen (secondary N) is 2. The lowest BCUT2D eigenvalue weighted by molar-refractivity contribution is -0.238. The molecule has 11 nitrogen and oxygen atoms in total. The Morgan fingerprint density at radius 1 is 0.901 bits per heavy atom. The second-order valence-corrected chi connectivity index (χ2v) is 30.4. The average Bonchev–Trinajstić information content (AvgIpc) is 1.76. The minimum atomic E-state index is -0.951. The second-order valence-electron chi connectivity index (χ2n) is 30.4. The molecule has 20 atom stereocenters. The number of carbonyl (C=O) groups is 2. The molecule has 2 aromatic carbocycles. The number of ether oxygens (including phenoxy) is 1. The highest BCUT2D eigenvalue weighted by atomic mass is 16.6. The number of nitrogens with two attached hydrogens (primary N) is 1. The van der Waals surface area contributed by atoms with Crippen LogP contribution in [0.2, 0.25) is 0 Å². The Kier molecular flexibility index (Phi) is 15.6. The Morgan fingerprint density at radius 2 is 1.72 bits per heavy atom. The first-order chi connectivity index (χ1) is 38.8. The summed E-state index contributed by atoms with van der Waals surface area (Å²) in [6.45, 7) is 12.5. The van der Waals surface area contributed by atoms with E-state index in [1.807, 2.05) is 32.2 Å². The third-order valence-electron chi connectivity index (χ3n) is 26.0. The first kappa shape index (κ1) is 58.2. The number of nitrogen functional groups attached to an aromatic ring is 1. The zero-order valence-corrected chi connectivity index (χ0v) is 50.4. The van der Waals surface area contributed by atoms with Gasteiger partial charge in [-0.15, -0.1) is 0 Å². The van der Waals surface area contributed by atoms with Crippen LogP contribution in [0.4, 0.5) is 5.69 Å². The van der Waals surface area contributed by atoms with Crippen LogP contribution in [-0.4, -0.2) is 93.4 Å². The number of anilines is 1. The van der Waals surface area contributed by atoms with E-state index in [-0.39, 0.29) is 96.1 Å². The van der Waals surface area contributed by atoms with Gasteiger partial charge in [0.2, 0.25) is 0 Å². The van der Waals surface area contributed by atoms with Crippen molar-refractivity contribution in [3.63, 3.8) is 0 Å². The topological polar surface area (TPSA) is 198 Å². The van der Waals surface area contributed by atoms with E-state index in [0.717, 1.165) is 144 Å². The number of ketones is 2. The van der Waals surface area contributed by atoms with Crippen molar-refractivity contribution in [2.45, 2.75) is 236 Å². The van der Waals surface area contributed by atoms with Gasteiger partial charge in [-0.3, -0.25) is 9.59 Å². The lowest BCUT2D eigenvalue weighted by Crippen LogP contribution is -2.75. The first-order valence-electron chi connectivity index (χ1n) is 32.9. The summed E-state index contributed by atoms with van der Waals surface area (Å²) in [5.74, 6) is 1.51. The molecule has 2 aromatic rings. The number of phenols is 1. The molecule has 2 heterocycles. The molecule has 2 spiro atoms. The number of epoxide rings is 1. The van der Waals surface area contributed by atoms with Gasteiger partial charge < -0.3 is 46.6 Å². The number of phenolic OH excluding ortho intramolecular Hbond substituents is 1. The van der Waals surface area contributed by atoms with E-state index >= 15 is 9.59 Å². The van der Waals surface area contributed by atoms with Gasteiger partial charge >= 0.3 is 0 Å². The molecule has 7 bridgehead atoms. The number of aromatic hydroxyl groups is 1. The summed E-state index contributed by atoms with van der Waals surface area (Å²) in [4.78, 5) is 33.3. The average molecular weight is 1110 g/mol. The Hall–Kier alpha value is -3.16. The fourth-order valence-corrected chi connectivity index (χ4v) is 23.2. The van der Waals surface area contributed by atoms with Crippen molar-refractivity contribution in [1.29, 1.82) is 0 Å². The number of fused-ring (bicyclic) bond motifs is 2. The quantitative estimate of drug-likeness (QED) is 0.0509. The molecule has 11 heteroatoms. The van der Waals surface area contributed by atoms with Crippen molar-refractivity contribution in [1.82, 2.24) is 10.6 Å². The number of β-amino-alcohol motifs (C(OH)–C–C–N with tert-alkyl or cyclic N) is 1. The van der Waals surface area contributed by atoms with Gasteiger partial charge in [0.25, 0.3) is 0 Å². The van der Waals surface area contributed by atoms with Crippen LogP contribution < -0.4 is 16.4 Å². The highest BCUT2D eigenvalue weighted by Gasteiger charge is 2.78. The van der Waals surface area contributed by atoms with Crippen LogP contribution >= 0.6 is 0 Å². The van der Waals surface area contributed by atoms with Crippen molar-refractivity contribution in [3.05, 3.63) is 70.3 Å². The van der Waals surface area contributed by atoms with E-state index < -0.39 is 44.4 Å². The van der Waals surface area contributed by atoms with E-state index in [0.29, 0.717) is 51.0 Å². The highest BCUT2D eigenvalue weighted by Crippen LogP contribution is 2.81. The normalized spacial score (nSPS) is 45.2. The van der Waals surface area contributed by atoms with Crippen molar-refractivity contribution in [3.8, 4) is 5.75 Å². The van der Waals surface area contributed by atoms with Gasteiger partial charge in [-0.1, -0.05) is 95.9 Å². The van der Waals surface area contributed by atoms with Crippen molar-refractivity contribution in [2.24, 2.45) is 74.9 Å². The summed E-state index contributed by atoms with van der Waals surface area (Å²) >= 11 is 0. The van der Waals surface area contributed by atoms with Crippen LogP contribution in [0.1, 0.15) is 211 Å². The molecule has 9 N–H and O–H groups in total. The maximum Gasteiger partial charge on any atom is 0.160 e. The van der Waals surface area contributed by atoms with E-state index in [4.69, 9.17) is 10.5 Å². The summed E-state index contributed by atoms with van der Waals surface area (Å²) in [6, 6.07) is 14.1. The van der Waals surface area contributed by atoms with E-state index in [1.165, 1.54) is 11.1 Å². The van der Waals surface area contributed by atoms with Gasteiger partial charge in [-0.25, -0.2) is 0 Å². The summed E-state index contributed by atoms with van der Waals surface area (Å²) in [5, 5.41) is 68.6. The molecule has 12 rings (SSSR count). The van der Waals surface area contributed by atoms with Gasteiger partial charge in [0.1, 0.15) is 17.6 Å². The van der Waals surface area contributed by atoms with Gasteiger partial charge in [-0.05, 0) is 234 Å². The maximum atomic E-state index is 16.8. The molecule has 8 fully saturated rings. The van der Waals surface area contributed by atoms with Gasteiger partial charge in [0.15, 0.2) is 5.78 Å². The number of aliphatic hydroxyl groups excluding tert-OH is 3. The van der Waals surface area contributed by atoms with Gasteiger partial charge in [0.05, 0.1) is 22.7 Å². The van der Waals surface area contributed by atoms with Crippen molar-refractivity contribution < 1.29 is 39.9 Å². The minimum Gasteiger partial charge on any atom is -0.508 e. The predicted octanol–water partition coefficient (Wildman–Crippen LogP) is 11.4. The molecule has 0 radical (unpaired) electrons. The third-order valence-corrected chi connectivity index (χ3v) is 26.0. The number of Topliss-reactive ketones (excluding diaryl/α,β-unsaturated/α-hetero) is 2. The van der Waals surface area contributed by atoms with E-state index in [1.54, 1.807) is 0 Å². The Labute approximate surface area is 485 Å². The summed E-state index contributed by atoms with van der Waals surface area (Å²) < 4.78 is 6.90. The fourth-order valence-electron chi connectivity index (χ4n) is 23.2. The summed E-state index contributed by atoms with van der Waals surface area (Å²) in [6.07, 6.45) is 18.8. The van der Waals surface area contributed by atoms with Crippen LogP contribution in [0, 0.1) is 74.9 Å². The Morgan fingerprint density at radius 3 is 2.48 bits per heavy atom. The molecule has 81 heavy (non-hydrogen) atoms. The molecule has 446 valence electrons. The van der Waals surface area contributed by atoms with Crippen molar-refractivity contribution >= 4 is 17.3 Å². The molecule has 2 saturated heterocycles. The third kappa shape index (κ3) is 9.24. The number of hydrogen-bond acceptors (Lipinski definition) is 11. The molecule has 0 amide bonds. The standard InChI is InChI=1S/C70H103N3O8/c1-7-8-9-15-46-31-45-21-20-42(38-74)30-51(45)52(34-57(77)62-67(5,81-62)53-19-13-18-50(53)44-16-12-17-48(71)32-44)60-54-22-23-59-66(4)40-68(47-28-43(37-72-6)29-49(76)33-47)26-14-27-69(54,36-58(60)78)70(59,55(46)39-75)35-56-61(66)65(3,63(68)79)25-11-10-24-64(2,80)41-73-56/h12,16-17,28-29,32-33,42,45-46,50-53,55-57,59,61-62,72-77,80H,7-11,13-15,18-27,30-31,34-41,71H2,1-6H3. The maximum absolute atomic E-state index is 16.8. The Balaban J connectivity index is 1.06. The molecule has 0 aromatic heterocycles. The molecule has 10 aliphatic rings. The zero-order chi connectivity index (χ0) is 57.1. The highest BCUT2D eigenvalue weighted by molar-refractivity contribution is 6.01. The van der Waals surface area contributed by atoms with Crippen LogP contribution in [0.5, 0.6) is 5.75 Å². The number of allylic oxidation sites excluding steroid dienone is 2. The van der Waals surface area contributed by atoms with Crippen LogP contribution in [-0.2, 0) is 26.3 Å². The molecule has 20 unspecified atom stereocenters. The lowest BCUT2D eigenvalue weighted by atomic mass is 9.29. The fraction of sp³-hybridized carbons (Fsp3) is 0.771. The number of benzene rings is 2. The van der Waals surface area contributed by atoms with Crippen molar-refractivity contribution in [2.75, 3.05) is 32.5 Å². The first-order valence-corrected chi connectivity index (χ1v) is 32.9. The summed E-state index contributed by atoms with van der Waals surface area (Å²) in [7, 11) is 1.93. The Bertz CT molecular complexity index is 2730. The van der Waals surface area contributed by atoms with Gasteiger partial charge in [-0.2, -0.15) is 0 Å². The second kappa shape index (κ2) is 21.7. The summed E-state index contributed by atoms with van der Waals surface area (Å²) in [5.41, 5.74) is 7.85. The zero-order valence-electron chi connectivity index (χ0n) is 50.4. The molecule has 6 saturated carbocycles. The van der Waals surface area contributed by atoms with E-state index in [2.05, 4.69) is 62.6 Å². The SMILES string of the molecule is CCCCCC1CC2CCC(CO)CC2C(CC(O)C2OC2(C)C2CCCC2c2cccc(N)c2)C2=C3CCC4C5(C)CC6(c7cc(O)cc(CNC)c7)CCCC3(CC2=O)C4(CC2NCC(C)(O)CCCCC(C)(C6=O)C25)C1CO. The number of carbonyl (C=O) groups excluding carboxylic acids is 2. The van der Waals surface area contributed by atoms with Crippen LogP contribution in [0.25, 0.3) is 0 Å². The monoisotopic (exact) mass is 1110 g/mol. The molecule has 2 aliphatic heterocycles. The molecular weight excluding hydrogens is 1010 g/mol. The number of aliphatic hydroxyl groups is 4. The molecule has 8 aliphatic carbocycles. The van der Waals surface area contributed by atoms with Crippen LogP contribution in [0.3, 0.4) is 0 Å². The lowest BCUT2D eigenvalue weighted by Gasteiger charge is -2.74.